The summed E-state index contributed by atoms with van der Waals surface area (Å²) in [4.78, 5) is 1.61. The molecule has 0 aliphatic rings. The van der Waals surface area contributed by atoms with Crippen LogP contribution in [-0.2, 0) is 41.5 Å². The van der Waals surface area contributed by atoms with Crippen LogP contribution in [0.15, 0.2) is 19.6 Å². The van der Waals surface area contributed by atoms with Gasteiger partial charge in [0.2, 0.25) is 0 Å². The zero-order valence-electron chi connectivity index (χ0n) is 24.5. The van der Waals surface area contributed by atoms with Crippen LogP contribution in [0.4, 0.5) is 0 Å². The Kier molecular flexibility index (Phi) is 45.1. The van der Waals surface area contributed by atoms with Crippen LogP contribution in [0.2, 0.25) is 0 Å². The van der Waals surface area contributed by atoms with Gasteiger partial charge in [-0.2, -0.15) is 12.8 Å². The molecule has 0 spiro atoms. The topological polar surface area (TPSA) is 257 Å². The van der Waals surface area contributed by atoms with E-state index in [9.17, 15) is 36.2 Å². The summed E-state index contributed by atoms with van der Waals surface area (Å²) in [6, 6.07) is 0. The molecule has 0 saturated heterocycles. The molecule has 0 heterocycles. The van der Waals surface area contributed by atoms with E-state index in [4.69, 9.17) is 25.3 Å². The molecule has 0 bridgehead atoms. The molecule has 0 atom stereocenters. The van der Waals surface area contributed by atoms with Crippen LogP contribution in [0.1, 0.15) is 25.7 Å². The maximum atomic E-state index is 11.0. The minimum atomic E-state index is -4.36. The number of rotatable bonds is 16. The van der Waals surface area contributed by atoms with E-state index in [1.165, 1.54) is 23.5 Å². The molecule has 0 aliphatic carbocycles. The van der Waals surface area contributed by atoms with E-state index >= 15 is 0 Å². The maximum Gasteiger partial charge on any atom is 1.00 e. The minimum Gasteiger partial charge on any atom is -0.748 e. The van der Waals surface area contributed by atoms with Crippen LogP contribution in [0.5, 0.6) is 11.5 Å². The molecule has 26 heteroatoms. The summed E-state index contributed by atoms with van der Waals surface area (Å²) in [5.74, 6) is 0.385. The van der Waals surface area contributed by atoms with Gasteiger partial charge >= 0.3 is 139 Å². The Morgan fingerprint density at radius 2 is 0.750 bits per heavy atom. The van der Waals surface area contributed by atoms with Crippen molar-refractivity contribution in [3.8, 4) is 11.5 Å². The first-order chi connectivity index (χ1) is 18.4. The van der Waals surface area contributed by atoms with Gasteiger partial charge in [0.1, 0.15) is 11.5 Å². The minimum absolute atomic E-state index is 0. The van der Waals surface area contributed by atoms with Gasteiger partial charge in [0.05, 0.1) is 39.8 Å². The Morgan fingerprint density at radius 1 is 0.545 bits per heavy atom. The number of thioether (sulfide) groups is 4. The van der Waals surface area contributed by atoms with Gasteiger partial charge in [-0.3, -0.25) is 0 Å². The van der Waals surface area contributed by atoms with E-state index in [1.54, 1.807) is 0 Å². The third-order valence-electron chi connectivity index (χ3n) is 3.62. The molecular weight excluding hydrogens is 789 g/mol. The van der Waals surface area contributed by atoms with Gasteiger partial charge in [0.25, 0.3) is 0 Å². The van der Waals surface area contributed by atoms with Crippen LogP contribution in [0, 0.1) is 13.8 Å². The monoisotopic (exact) mass is 814 g/mol. The van der Waals surface area contributed by atoms with Gasteiger partial charge in [-0.1, -0.05) is 0 Å². The molecule has 0 fully saturated rings. The molecule has 1 aromatic carbocycles. The van der Waals surface area contributed by atoms with E-state index in [1.807, 2.05) is 0 Å². The van der Waals surface area contributed by atoms with Crippen molar-refractivity contribution in [3.63, 3.8) is 0 Å². The van der Waals surface area contributed by atoms with Crippen molar-refractivity contribution in [2.24, 2.45) is 0 Å². The predicted octanol–water partition coefficient (Wildman–Crippen LogP) is -10.2. The van der Waals surface area contributed by atoms with Gasteiger partial charge in [0, 0.05) is 11.5 Å². The Hall–Kier alpha value is 3.28. The summed E-state index contributed by atoms with van der Waals surface area (Å²) in [6.45, 7) is 7.57. The Labute approximate surface area is 367 Å². The van der Waals surface area contributed by atoms with Gasteiger partial charge in [0.15, 0.2) is 0 Å². The van der Waals surface area contributed by atoms with E-state index in [2.05, 4.69) is 13.8 Å². The SMILES string of the molecule is O=S(=O)=O.O=S(=O)=O.[CH2-]CCSc1c(O)c(SCCCS(=O)(=O)[O-])c(SCCCS(=O)(=O)[O-])c(O)c1SCC[CH2-].[Na+].[Na+].[Na+].[Na+]. The zero-order valence-corrected chi connectivity index (χ0v) is 39.1. The third-order valence-corrected chi connectivity index (χ3v) is 10.2. The molecule has 0 unspecified atom stereocenters. The molecule has 44 heavy (non-hydrogen) atoms. The molecule has 1 aromatic rings. The Balaban J connectivity index is -0.000000268. The average molecular weight is 815 g/mol. The van der Waals surface area contributed by atoms with Crippen LogP contribution in [-0.4, -0.2) is 95.9 Å². The molecular formula is C18H26Na4O14S8. The maximum absolute atomic E-state index is 11.0. The summed E-state index contributed by atoms with van der Waals surface area (Å²) in [5.41, 5.74) is 0. The zero-order chi connectivity index (χ0) is 31.5. The van der Waals surface area contributed by atoms with Gasteiger partial charge in [-0.25, -0.2) is 16.8 Å². The van der Waals surface area contributed by atoms with Gasteiger partial charge < -0.3 is 33.2 Å². The second kappa shape index (κ2) is 33.4. The number of aromatic hydroxyl groups is 2. The fourth-order valence-corrected chi connectivity index (χ4v) is 8.09. The average Bonchev–Trinajstić information content (AvgIpc) is 2.78. The van der Waals surface area contributed by atoms with Crippen LogP contribution >= 0.6 is 47.0 Å². The molecule has 0 aromatic heterocycles. The number of benzene rings is 1. The van der Waals surface area contributed by atoms with E-state index in [-0.39, 0.29) is 154 Å². The number of phenols is 2. The molecule has 1 rings (SSSR count). The van der Waals surface area contributed by atoms with Crippen molar-refractivity contribution >= 4 is 88.5 Å². The largest absolute Gasteiger partial charge is 1.00 e. The first kappa shape index (κ1) is 59.4. The smallest absolute Gasteiger partial charge is 0.748 e. The summed E-state index contributed by atoms with van der Waals surface area (Å²) in [6.07, 6.45) is 1.31. The van der Waals surface area contributed by atoms with E-state index < -0.39 is 53.0 Å². The number of hydrogen-bond acceptors (Lipinski definition) is 18. The molecule has 0 radical (unpaired) electrons. The van der Waals surface area contributed by atoms with Crippen molar-refractivity contribution in [2.45, 2.75) is 45.3 Å². The van der Waals surface area contributed by atoms with E-state index in [0.717, 1.165) is 23.5 Å². The molecule has 234 valence electrons. The number of hydrogen-bond donors (Lipinski definition) is 2. The second-order valence-corrected chi connectivity index (χ2v) is 15.0. The van der Waals surface area contributed by atoms with Crippen molar-refractivity contribution in [1.82, 2.24) is 0 Å². The van der Waals surface area contributed by atoms with Crippen molar-refractivity contribution in [2.75, 3.05) is 34.5 Å². The molecule has 0 saturated carbocycles. The van der Waals surface area contributed by atoms with Crippen LogP contribution in [0.3, 0.4) is 0 Å². The van der Waals surface area contributed by atoms with Gasteiger partial charge in [-0.15, -0.1) is 72.3 Å². The third kappa shape index (κ3) is 33.8. The molecule has 0 aliphatic heterocycles. The van der Waals surface area contributed by atoms with Crippen molar-refractivity contribution < 1.29 is 180 Å². The summed E-state index contributed by atoms with van der Waals surface area (Å²) < 4.78 is 116. The summed E-state index contributed by atoms with van der Waals surface area (Å²) in [7, 11) is -14.9. The fourth-order valence-electron chi connectivity index (χ4n) is 2.34. The van der Waals surface area contributed by atoms with E-state index in [0.29, 0.717) is 43.9 Å². The van der Waals surface area contributed by atoms with Crippen molar-refractivity contribution in [3.05, 3.63) is 13.8 Å². The predicted molar refractivity (Wildman–Crippen MR) is 150 cm³/mol. The first-order valence-electron chi connectivity index (χ1n) is 10.5. The standard InChI is InChI=1S/C18H28O8S6.4Na.2O3S/c1-3-7-27-15-13(19)17(29-9-5-11-31(21,22)23)18(14(20)16(15)28-8-4-2)30-10-6-12-32(24,25)26;;;;;2*1-4(2)3/h19-20H,1-12H2,(H,21,22,23)(H,24,25,26);;;;;;/q-2;4*+1;;/p-2. The Bertz CT molecular complexity index is 1260. The first-order valence-corrected chi connectivity index (χ1v) is 19.6. The second-order valence-electron chi connectivity index (χ2n) is 6.75. The quantitative estimate of drug-likeness (QED) is 0.0392. The van der Waals surface area contributed by atoms with Crippen LogP contribution in [0.25, 0.3) is 0 Å². The Morgan fingerprint density at radius 3 is 0.932 bits per heavy atom. The normalized spacial score (nSPS) is 10.1. The summed E-state index contributed by atoms with van der Waals surface area (Å²) in [5, 5.41) is 22.0. The fraction of sp³-hybridized carbons (Fsp3) is 0.556. The van der Waals surface area contributed by atoms with Crippen molar-refractivity contribution in [1.29, 1.82) is 0 Å². The molecule has 2 N–H and O–H groups in total. The van der Waals surface area contributed by atoms with Gasteiger partial charge in [-0.05, 0) is 35.9 Å². The van der Waals surface area contributed by atoms with Crippen LogP contribution < -0.4 is 118 Å². The molecule has 14 nitrogen and oxygen atoms in total. The summed E-state index contributed by atoms with van der Waals surface area (Å²) >= 11 is 4.88. The number of phenolic OH excluding ortho intramolecular Hbond substituents is 2. The molecule has 0 amide bonds.